The number of halogens is 1. The number of rotatable bonds is 7. The Morgan fingerprint density at radius 3 is 2.30 bits per heavy atom. The Kier molecular flexibility index (Phi) is 6.64. The lowest BCUT2D eigenvalue weighted by Gasteiger charge is -2.19. The number of sulfonamides is 1. The number of esters is 1. The second-order valence-electron chi connectivity index (χ2n) is 6.59. The first-order valence-corrected chi connectivity index (χ1v) is 11.0. The molecule has 8 heteroatoms. The summed E-state index contributed by atoms with van der Waals surface area (Å²) in [5.74, 6) is -0.624. The number of carbonyl (C=O) groups is 1. The third-order valence-electron chi connectivity index (χ3n) is 4.46. The maximum Gasteiger partial charge on any atom is 0.337 e. The Balaban J connectivity index is 2.00. The van der Waals surface area contributed by atoms with Gasteiger partial charge in [0.1, 0.15) is 4.90 Å². The number of methoxy groups -OCH3 is 1. The third kappa shape index (κ3) is 5.11. The highest BCUT2D eigenvalue weighted by atomic mass is 35.5. The van der Waals surface area contributed by atoms with Crippen LogP contribution in [-0.4, -0.2) is 21.5 Å². The zero-order valence-electron chi connectivity index (χ0n) is 16.4. The highest BCUT2D eigenvalue weighted by Crippen LogP contribution is 2.29. The van der Waals surface area contributed by atoms with Crippen LogP contribution in [0.3, 0.4) is 0 Å². The van der Waals surface area contributed by atoms with Crippen LogP contribution in [0.1, 0.15) is 28.9 Å². The quantitative estimate of drug-likeness (QED) is 0.495. The molecule has 0 fully saturated rings. The molecule has 1 unspecified atom stereocenters. The van der Waals surface area contributed by atoms with E-state index in [1.165, 1.54) is 19.2 Å². The normalized spacial score (nSPS) is 12.1. The third-order valence-corrected chi connectivity index (χ3v) is 6.13. The summed E-state index contributed by atoms with van der Waals surface area (Å²) in [4.78, 5) is 11.9. The van der Waals surface area contributed by atoms with E-state index >= 15 is 0 Å². The Morgan fingerprint density at radius 1 is 1.00 bits per heavy atom. The average molecular weight is 445 g/mol. The van der Waals surface area contributed by atoms with E-state index < -0.39 is 16.0 Å². The molecule has 0 heterocycles. The van der Waals surface area contributed by atoms with E-state index in [4.69, 9.17) is 16.3 Å². The molecule has 0 aliphatic carbocycles. The summed E-state index contributed by atoms with van der Waals surface area (Å²) in [6, 6.07) is 20.1. The second-order valence-corrected chi connectivity index (χ2v) is 8.68. The topological polar surface area (TPSA) is 84.5 Å². The number of carbonyl (C=O) groups excluding carboxylic acids is 1. The van der Waals surface area contributed by atoms with Crippen molar-refractivity contribution in [2.24, 2.45) is 0 Å². The van der Waals surface area contributed by atoms with Gasteiger partial charge in [0.25, 0.3) is 10.0 Å². The maximum atomic E-state index is 13.2. The fourth-order valence-corrected chi connectivity index (χ4v) is 4.28. The summed E-state index contributed by atoms with van der Waals surface area (Å²) >= 11 is 5.87. The Morgan fingerprint density at radius 2 is 1.67 bits per heavy atom. The van der Waals surface area contributed by atoms with E-state index in [0.717, 1.165) is 5.56 Å². The molecule has 0 aliphatic heterocycles. The number of benzene rings is 3. The van der Waals surface area contributed by atoms with E-state index in [0.29, 0.717) is 16.4 Å². The fraction of sp³-hybridized carbons (Fsp3) is 0.136. The molecule has 0 aromatic heterocycles. The Bertz CT molecular complexity index is 1130. The van der Waals surface area contributed by atoms with Crippen LogP contribution < -0.4 is 10.0 Å². The number of hydrogen-bond donors (Lipinski definition) is 2. The smallest absolute Gasteiger partial charge is 0.337 e. The lowest BCUT2D eigenvalue weighted by atomic mass is 10.1. The predicted octanol–water partition coefficient (Wildman–Crippen LogP) is 5.10. The van der Waals surface area contributed by atoms with E-state index in [1.807, 2.05) is 37.3 Å². The highest BCUT2D eigenvalue weighted by Gasteiger charge is 2.22. The molecule has 0 bridgehead atoms. The van der Waals surface area contributed by atoms with Crippen LogP contribution >= 0.6 is 11.6 Å². The Labute approximate surface area is 180 Å². The molecule has 2 N–H and O–H groups in total. The second kappa shape index (κ2) is 9.19. The van der Waals surface area contributed by atoms with Gasteiger partial charge in [-0.1, -0.05) is 41.9 Å². The van der Waals surface area contributed by atoms with Crippen molar-refractivity contribution in [3.05, 3.63) is 88.9 Å². The fourth-order valence-electron chi connectivity index (χ4n) is 2.90. The van der Waals surface area contributed by atoms with Crippen LogP contribution in [0.15, 0.2) is 77.7 Å². The van der Waals surface area contributed by atoms with Gasteiger partial charge in [0.15, 0.2) is 0 Å². The first-order valence-electron chi connectivity index (χ1n) is 9.12. The van der Waals surface area contributed by atoms with Crippen molar-refractivity contribution in [1.29, 1.82) is 0 Å². The van der Waals surface area contributed by atoms with Crippen LogP contribution in [0.5, 0.6) is 0 Å². The van der Waals surface area contributed by atoms with Gasteiger partial charge in [-0.2, -0.15) is 0 Å². The summed E-state index contributed by atoms with van der Waals surface area (Å²) in [5.41, 5.74) is 1.83. The molecule has 156 valence electrons. The summed E-state index contributed by atoms with van der Waals surface area (Å²) in [6.45, 7) is 1.92. The van der Waals surface area contributed by atoms with E-state index in [9.17, 15) is 13.2 Å². The molecule has 3 rings (SSSR count). The van der Waals surface area contributed by atoms with E-state index in [2.05, 4.69) is 10.0 Å². The lowest BCUT2D eigenvalue weighted by Crippen LogP contribution is -2.17. The standard InChI is InChI=1S/C22H21ClN2O4S/c1-15(16-6-4-3-5-7-16)24-20-13-8-17(22(26)29-2)14-21(20)30(27,28)25-19-11-9-18(23)10-12-19/h3-15,24-25H,1-2H3. The van der Waals surface area contributed by atoms with Gasteiger partial charge in [0, 0.05) is 16.8 Å². The summed E-state index contributed by atoms with van der Waals surface area (Å²) < 4.78 is 33.6. The van der Waals surface area contributed by atoms with Crippen LogP contribution in [-0.2, 0) is 14.8 Å². The average Bonchev–Trinajstić information content (AvgIpc) is 2.75. The minimum Gasteiger partial charge on any atom is -0.465 e. The Hall–Kier alpha value is -3.03. The number of ether oxygens (including phenoxy) is 1. The van der Waals surface area contributed by atoms with Crippen LogP contribution in [0.25, 0.3) is 0 Å². The summed E-state index contributed by atoms with van der Waals surface area (Å²) in [6.07, 6.45) is 0. The zero-order valence-corrected chi connectivity index (χ0v) is 18.0. The highest BCUT2D eigenvalue weighted by molar-refractivity contribution is 7.92. The van der Waals surface area contributed by atoms with Crippen molar-refractivity contribution < 1.29 is 17.9 Å². The monoisotopic (exact) mass is 444 g/mol. The first kappa shape index (κ1) is 21.7. The SMILES string of the molecule is COC(=O)c1ccc(NC(C)c2ccccc2)c(S(=O)(=O)Nc2ccc(Cl)cc2)c1. The molecular weight excluding hydrogens is 424 g/mol. The van der Waals surface area contributed by atoms with Crippen molar-refractivity contribution in [3.8, 4) is 0 Å². The molecule has 3 aromatic carbocycles. The molecule has 0 spiro atoms. The maximum absolute atomic E-state index is 13.2. The van der Waals surface area contributed by atoms with Gasteiger partial charge in [0.2, 0.25) is 0 Å². The molecule has 0 saturated carbocycles. The minimum atomic E-state index is -4.01. The van der Waals surface area contributed by atoms with Crippen molar-refractivity contribution in [3.63, 3.8) is 0 Å². The molecule has 0 aliphatic rings. The molecule has 0 amide bonds. The van der Waals surface area contributed by atoms with Crippen molar-refractivity contribution in [2.75, 3.05) is 17.1 Å². The van der Waals surface area contributed by atoms with Gasteiger partial charge < -0.3 is 10.1 Å². The molecule has 1 atom stereocenters. The van der Waals surface area contributed by atoms with E-state index in [-0.39, 0.29) is 16.5 Å². The van der Waals surface area contributed by atoms with Gasteiger partial charge in [-0.15, -0.1) is 0 Å². The van der Waals surface area contributed by atoms with Gasteiger partial charge in [-0.05, 0) is 55.0 Å². The van der Waals surface area contributed by atoms with Crippen molar-refractivity contribution >= 4 is 39.0 Å². The molecule has 0 radical (unpaired) electrons. The van der Waals surface area contributed by atoms with Gasteiger partial charge >= 0.3 is 5.97 Å². The molecule has 6 nitrogen and oxygen atoms in total. The number of nitrogens with one attached hydrogen (secondary N) is 2. The summed E-state index contributed by atoms with van der Waals surface area (Å²) in [7, 11) is -2.77. The lowest BCUT2D eigenvalue weighted by molar-refractivity contribution is 0.0600. The number of anilines is 2. The van der Waals surface area contributed by atoms with Crippen LogP contribution in [0.4, 0.5) is 11.4 Å². The van der Waals surface area contributed by atoms with Crippen LogP contribution in [0.2, 0.25) is 5.02 Å². The van der Waals surface area contributed by atoms with Gasteiger partial charge in [-0.3, -0.25) is 4.72 Å². The largest absolute Gasteiger partial charge is 0.465 e. The summed E-state index contributed by atoms with van der Waals surface area (Å²) in [5, 5.41) is 3.71. The van der Waals surface area contributed by atoms with Gasteiger partial charge in [-0.25, -0.2) is 13.2 Å². The molecule has 0 saturated heterocycles. The molecule has 30 heavy (non-hydrogen) atoms. The van der Waals surface area contributed by atoms with Crippen molar-refractivity contribution in [1.82, 2.24) is 0 Å². The van der Waals surface area contributed by atoms with Gasteiger partial charge in [0.05, 0.1) is 18.4 Å². The zero-order chi connectivity index (χ0) is 21.7. The van der Waals surface area contributed by atoms with E-state index in [1.54, 1.807) is 30.3 Å². The van der Waals surface area contributed by atoms with Crippen molar-refractivity contribution in [2.45, 2.75) is 17.9 Å². The predicted molar refractivity (Wildman–Crippen MR) is 119 cm³/mol. The molecule has 3 aromatic rings. The van der Waals surface area contributed by atoms with Crippen LogP contribution in [0, 0.1) is 0 Å². The first-order chi connectivity index (χ1) is 14.3. The number of hydrogen-bond acceptors (Lipinski definition) is 5. The molecular formula is C22H21ClN2O4S. The minimum absolute atomic E-state index is 0.0665.